The number of carbonyl (C=O) groups excluding carboxylic acids is 1. The van der Waals surface area contributed by atoms with Crippen molar-refractivity contribution in [3.8, 4) is 11.4 Å². The zero-order valence-electron chi connectivity index (χ0n) is 15.4. The Hall–Kier alpha value is -2.93. The number of rotatable bonds is 4. The smallest absolute Gasteiger partial charge is 0.290 e. The van der Waals surface area contributed by atoms with Crippen LogP contribution in [0.3, 0.4) is 0 Å². The number of nitrogens with zero attached hydrogens (tertiary/aromatic N) is 4. The first kappa shape index (κ1) is 17.5. The lowest BCUT2D eigenvalue weighted by Gasteiger charge is -2.36. The zero-order valence-corrected chi connectivity index (χ0v) is 15.4. The number of carbonyl (C=O) groups is 1. The fourth-order valence-corrected chi connectivity index (χ4v) is 3.53. The van der Waals surface area contributed by atoms with Gasteiger partial charge in [-0.2, -0.15) is 5.10 Å². The van der Waals surface area contributed by atoms with Gasteiger partial charge in [0.15, 0.2) is 17.4 Å². The number of benzene rings is 1. The van der Waals surface area contributed by atoms with E-state index in [4.69, 9.17) is 9.40 Å². The second-order valence-corrected chi connectivity index (χ2v) is 6.99. The van der Waals surface area contributed by atoms with Crippen LogP contribution in [0.4, 0.5) is 0 Å². The molecule has 0 unspecified atom stereocenters. The third-order valence-electron chi connectivity index (χ3n) is 4.81. The predicted octanol–water partition coefficient (Wildman–Crippen LogP) is 2.88. The van der Waals surface area contributed by atoms with Crippen LogP contribution in [-0.2, 0) is 13.2 Å². The Morgan fingerprint density at radius 1 is 1.22 bits per heavy atom. The molecule has 27 heavy (non-hydrogen) atoms. The zero-order chi connectivity index (χ0) is 19.0. The number of aromatic nitrogens is 3. The average molecular weight is 366 g/mol. The molecule has 2 aromatic heterocycles. The highest BCUT2D eigenvalue weighted by Crippen LogP contribution is 2.33. The molecule has 0 spiro atoms. The predicted molar refractivity (Wildman–Crippen MR) is 98.7 cm³/mol. The van der Waals surface area contributed by atoms with Crippen LogP contribution < -0.4 is 0 Å². The van der Waals surface area contributed by atoms with Crippen molar-refractivity contribution in [2.75, 3.05) is 6.54 Å². The Balaban J connectivity index is 1.69. The standard InChI is InChI=1S/C20H22N4O3/c1-13(2)17-19-21-18(14-6-4-3-5-7-14)22-24(19)11-10-23(17)20(26)16-9-8-15(12-25)27-16/h3-9,13,17,25H,10-12H2,1-2H3/t17-/m0/s1. The van der Waals surface area contributed by atoms with Gasteiger partial charge in [-0.05, 0) is 18.1 Å². The molecule has 0 fully saturated rings. The minimum atomic E-state index is -0.227. The molecule has 1 amide bonds. The summed E-state index contributed by atoms with van der Waals surface area (Å²) in [4.78, 5) is 19.6. The summed E-state index contributed by atoms with van der Waals surface area (Å²) in [5, 5.41) is 13.8. The number of furan rings is 1. The van der Waals surface area contributed by atoms with E-state index in [0.29, 0.717) is 24.7 Å². The maximum absolute atomic E-state index is 13.0. The molecule has 7 heteroatoms. The fraction of sp³-hybridized carbons (Fsp3) is 0.350. The maximum atomic E-state index is 13.0. The Morgan fingerprint density at radius 2 is 2.00 bits per heavy atom. The Morgan fingerprint density at radius 3 is 2.67 bits per heavy atom. The second-order valence-electron chi connectivity index (χ2n) is 6.99. The number of hydrogen-bond acceptors (Lipinski definition) is 5. The van der Waals surface area contributed by atoms with Crippen molar-refractivity contribution in [3.05, 3.63) is 59.8 Å². The van der Waals surface area contributed by atoms with Gasteiger partial charge in [0.25, 0.3) is 5.91 Å². The molecule has 3 aromatic rings. The topological polar surface area (TPSA) is 84.4 Å². The van der Waals surface area contributed by atoms with Crippen molar-refractivity contribution in [1.82, 2.24) is 19.7 Å². The molecule has 3 heterocycles. The first-order chi connectivity index (χ1) is 13.1. The number of aliphatic hydroxyl groups excluding tert-OH is 1. The van der Waals surface area contributed by atoms with Crippen LogP contribution in [0, 0.1) is 5.92 Å². The van der Waals surface area contributed by atoms with Gasteiger partial charge in [0, 0.05) is 12.1 Å². The van der Waals surface area contributed by atoms with Gasteiger partial charge in [0.2, 0.25) is 0 Å². The summed E-state index contributed by atoms with van der Waals surface area (Å²) in [7, 11) is 0. The van der Waals surface area contributed by atoms with Crippen molar-refractivity contribution >= 4 is 5.91 Å². The molecule has 1 aromatic carbocycles. The molecule has 0 aliphatic carbocycles. The number of amides is 1. The summed E-state index contributed by atoms with van der Waals surface area (Å²) in [6.45, 7) is 5.02. The van der Waals surface area contributed by atoms with E-state index in [1.165, 1.54) is 0 Å². The van der Waals surface area contributed by atoms with Crippen LogP contribution >= 0.6 is 0 Å². The van der Waals surface area contributed by atoms with E-state index < -0.39 is 0 Å². The molecule has 0 saturated carbocycles. The molecule has 1 atom stereocenters. The van der Waals surface area contributed by atoms with E-state index in [0.717, 1.165) is 11.4 Å². The molecule has 7 nitrogen and oxygen atoms in total. The van der Waals surface area contributed by atoms with Crippen molar-refractivity contribution in [2.45, 2.75) is 33.0 Å². The molecule has 4 rings (SSSR count). The van der Waals surface area contributed by atoms with Crippen LogP contribution in [0.1, 0.15) is 42.0 Å². The lowest BCUT2D eigenvalue weighted by atomic mass is 9.99. The summed E-state index contributed by atoms with van der Waals surface area (Å²) in [6.07, 6.45) is 0. The summed E-state index contributed by atoms with van der Waals surface area (Å²) in [5.74, 6) is 2.05. The highest BCUT2D eigenvalue weighted by Gasteiger charge is 2.37. The highest BCUT2D eigenvalue weighted by molar-refractivity contribution is 5.92. The lowest BCUT2D eigenvalue weighted by molar-refractivity contribution is 0.0501. The van der Waals surface area contributed by atoms with Gasteiger partial charge in [0.05, 0.1) is 12.6 Å². The Labute approximate surface area is 157 Å². The number of hydrogen-bond donors (Lipinski definition) is 1. The monoisotopic (exact) mass is 366 g/mol. The quantitative estimate of drug-likeness (QED) is 0.767. The van der Waals surface area contributed by atoms with Crippen LogP contribution in [0.2, 0.25) is 0 Å². The maximum Gasteiger partial charge on any atom is 0.290 e. The fourth-order valence-electron chi connectivity index (χ4n) is 3.53. The van der Waals surface area contributed by atoms with Crippen molar-refractivity contribution in [1.29, 1.82) is 0 Å². The summed E-state index contributed by atoms with van der Waals surface area (Å²) < 4.78 is 7.36. The van der Waals surface area contributed by atoms with E-state index in [-0.39, 0.29) is 30.2 Å². The minimum absolute atomic E-state index is 0.160. The Bertz CT molecular complexity index is 945. The summed E-state index contributed by atoms with van der Waals surface area (Å²) >= 11 is 0. The van der Waals surface area contributed by atoms with E-state index >= 15 is 0 Å². The van der Waals surface area contributed by atoms with E-state index in [1.807, 2.05) is 35.0 Å². The second kappa shape index (κ2) is 7.00. The molecule has 0 saturated heterocycles. The van der Waals surface area contributed by atoms with E-state index in [2.05, 4.69) is 18.9 Å². The molecule has 0 bridgehead atoms. The molecule has 140 valence electrons. The van der Waals surface area contributed by atoms with Crippen molar-refractivity contribution in [3.63, 3.8) is 0 Å². The molecule has 1 aliphatic rings. The SMILES string of the molecule is CC(C)[C@H]1c2nc(-c3ccccc3)nn2CCN1C(=O)c1ccc(CO)o1. The summed E-state index contributed by atoms with van der Waals surface area (Å²) in [5.41, 5.74) is 0.957. The number of aliphatic hydroxyl groups is 1. The van der Waals surface area contributed by atoms with Crippen LogP contribution in [0.25, 0.3) is 11.4 Å². The Kier molecular flexibility index (Phi) is 4.53. The normalized spacial score (nSPS) is 16.6. The van der Waals surface area contributed by atoms with Crippen molar-refractivity contribution in [2.24, 2.45) is 5.92 Å². The number of fused-ring (bicyclic) bond motifs is 1. The minimum Gasteiger partial charge on any atom is -0.453 e. The molecular weight excluding hydrogens is 344 g/mol. The molecule has 1 aliphatic heterocycles. The van der Waals surface area contributed by atoms with E-state index in [1.54, 1.807) is 17.0 Å². The third-order valence-corrected chi connectivity index (χ3v) is 4.81. The lowest BCUT2D eigenvalue weighted by Crippen LogP contribution is -2.44. The summed E-state index contributed by atoms with van der Waals surface area (Å²) in [6, 6.07) is 12.9. The third kappa shape index (κ3) is 3.14. The van der Waals surface area contributed by atoms with Gasteiger partial charge in [0.1, 0.15) is 12.4 Å². The first-order valence-electron chi connectivity index (χ1n) is 9.09. The van der Waals surface area contributed by atoms with Gasteiger partial charge in [-0.25, -0.2) is 9.67 Å². The van der Waals surface area contributed by atoms with Gasteiger partial charge >= 0.3 is 0 Å². The van der Waals surface area contributed by atoms with Gasteiger partial charge in [-0.1, -0.05) is 44.2 Å². The first-order valence-corrected chi connectivity index (χ1v) is 9.09. The van der Waals surface area contributed by atoms with Gasteiger partial charge in [-0.15, -0.1) is 0 Å². The average Bonchev–Trinajstić information content (AvgIpc) is 3.34. The molecule has 1 N–H and O–H groups in total. The van der Waals surface area contributed by atoms with Crippen LogP contribution in [-0.4, -0.2) is 37.2 Å². The van der Waals surface area contributed by atoms with E-state index in [9.17, 15) is 9.90 Å². The molecular formula is C20H22N4O3. The van der Waals surface area contributed by atoms with Gasteiger partial charge < -0.3 is 14.4 Å². The van der Waals surface area contributed by atoms with Gasteiger partial charge in [-0.3, -0.25) is 4.79 Å². The van der Waals surface area contributed by atoms with Crippen LogP contribution in [0.5, 0.6) is 0 Å². The van der Waals surface area contributed by atoms with Crippen molar-refractivity contribution < 1.29 is 14.3 Å². The largest absolute Gasteiger partial charge is 0.453 e. The molecule has 0 radical (unpaired) electrons. The highest BCUT2D eigenvalue weighted by atomic mass is 16.4. The van der Waals surface area contributed by atoms with Crippen LogP contribution in [0.15, 0.2) is 46.9 Å².